The van der Waals surface area contributed by atoms with Gasteiger partial charge in [-0.2, -0.15) is 0 Å². The van der Waals surface area contributed by atoms with Gasteiger partial charge < -0.3 is 26.2 Å². The molecule has 4 unspecified atom stereocenters. The van der Waals surface area contributed by atoms with Crippen LogP contribution in [0.25, 0.3) is 0 Å². The van der Waals surface area contributed by atoms with Crippen LogP contribution in [-0.2, 0) is 22.4 Å². The molecule has 7 nitrogen and oxygen atoms in total. The summed E-state index contributed by atoms with van der Waals surface area (Å²) in [5.41, 5.74) is 5.28. The number of hydrogen-bond donors (Lipinski definition) is 4. The highest BCUT2D eigenvalue weighted by molar-refractivity contribution is 5.92. The molecule has 2 fully saturated rings. The lowest BCUT2D eigenvalue weighted by Crippen LogP contribution is -2.58. The highest BCUT2D eigenvalue weighted by Crippen LogP contribution is 2.65. The van der Waals surface area contributed by atoms with Gasteiger partial charge in [0.15, 0.2) is 0 Å². The predicted octanol–water partition coefficient (Wildman–Crippen LogP) is 9.08. The van der Waals surface area contributed by atoms with E-state index in [1.165, 1.54) is 17.5 Å². The highest BCUT2D eigenvalue weighted by atomic mass is 16.2. The number of likely N-dealkylation sites (tertiary alicyclic amines) is 1. The van der Waals surface area contributed by atoms with Gasteiger partial charge in [-0.15, -0.1) is 0 Å². The average Bonchev–Trinajstić information content (AvgIpc) is 3.44. The van der Waals surface area contributed by atoms with Crippen LogP contribution < -0.4 is 21.3 Å². The smallest absolute Gasteiger partial charge is 0.246 e. The van der Waals surface area contributed by atoms with Gasteiger partial charge in [0.1, 0.15) is 12.1 Å². The number of benzene rings is 1. The van der Waals surface area contributed by atoms with E-state index in [9.17, 15) is 9.59 Å². The molecule has 53 heavy (non-hydrogen) atoms. The molecule has 298 valence electrons. The molecule has 3 aliphatic rings. The van der Waals surface area contributed by atoms with Crippen LogP contribution in [0, 0.1) is 28.6 Å². The Morgan fingerprint density at radius 2 is 1.49 bits per heavy atom. The van der Waals surface area contributed by atoms with E-state index in [-0.39, 0.29) is 46.6 Å². The van der Waals surface area contributed by atoms with E-state index in [4.69, 9.17) is 0 Å². The zero-order chi connectivity index (χ0) is 40.3. The first-order valence-corrected chi connectivity index (χ1v) is 20.6. The van der Waals surface area contributed by atoms with Crippen molar-refractivity contribution in [1.29, 1.82) is 0 Å². The summed E-state index contributed by atoms with van der Waals surface area (Å²) >= 11 is 0. The third-order valence-corrected chi connectivity index (χ3v) is 11.3. The molecular weight excluding hydrogens is 655 g/mol. The van der Waals surface area contributed by atoms with E-state index in [1.54, 1.807) is 0 Å². The topological polar surface area (TPSA) is 85.5 Å². The van der Waals surface area contributed by atoms with Crippen LogP contribution in [0.15, 0.2) is 73.2 Å². The van der Waals surface area contributed by atoms with E-state index < -0.39 is 12.1 Å². The van der Waals surface area contributed by atoms with Crippen molar-refractivity contribution in [3.05, 3.63) is 84.4 Å². The minimum Gasteiger partial charge on any atom is -0.389 e. The number of allylic oxidation sites excluding steroid dienone is 1. The Morgan fingerprint density at radius 3 is 1.98 bits per heavy atom. The summed E-state index contributed by atoms with van der Waals surface area (Å²) in [6, 6.07) is 7.35. The number of hydrogen-bond acceptors (Lipinski definition) is 5. The van der Waals surface area contributed by atoms with Gasteiger partial charge in [0.2, 0.25) is 11.8 Å². The molecule has 2 aliphatic carbocycles. The number of carbonyl (C=O) groups is 2. The monoisotopic (exact) mass is 732 g/mol. The quantitative estimate of drug-likeness (QED) is 0.120. The standard InChI is InChI=1S/C41H63N5O2.C3H8.C2H6/c1-13-17-33(27(6)25(3)4)45-38(47)37-35-32(41(35,11)12)24-46(37)39(48)36(31-22-29-18-15-16-19-30(29)23-31)44-28(7)43-34(40(8,9)10)21-20-26(5)42-14-2;1-3-2;1-2/h15-16,18-19,31-37,42-44H,3,5-7,13-14,17,20-24H2,1-2,4,8-12H3,(H,45,47);3H2,1-2H3;1-2H3/t32-,33?,34?,35-,36?,37?;;/m0../s1. The van der Waals surface area contributed by atoms with Crippen molar-refractivity contribution in [2.75, 3.05) is 13.1 Å². The number of piperidine rings is 1. The van der Waals surface area contributed by atoms with E-state index >= 15 is 0 Å². The summed E-state index contributed by atoms with van der Waals surface area (Å²) in [6.45, 7) is 43.8. The van der Waals surface area contributed by atoms with Crippen molar-refractivity contribution in [2.24, 2.45) is 28.6 Å². The van der Waals surface area contributed by atoms with Gasteiger partial charge in [0, 0.05) is 24.8 Å². The van der Waals surface area contributed by atoms with Crippen molar-refractivity contribution < 1.29 is 9.59 Å². The molecule has 1 aromatic carbocycles. The van der Waals surface area contributed by atoms with Gasteiger partial charge in [0.25, 0.3) is 0 Å². The maximum Gasteiger partial charge on any atom is 0.246 e. The molecule has 1 aromatic rings. The SMILES string of the molecule is C=C(CCC(NC(=C)NC(C(=O)N1C[C@H]2[C@@H](C1C(=O)NC(CCC)C(=C)C(=C)C)C2(C)C)C1Cc2ccccc2C1)C(C)(C)C)NCC.CC.CCC. The second kappa shape index (κ2) is 20.3. The fourth-order valence-corrected chi connectivity index (χ4v) is 8.20. The van der Waals surface area contributed by atoms with E-state index in [0.29, 0.717) is 18.3 Å². The maximum atomic E-state index is 14.9. The third kappa shape index (κ3) is 11.8. The first-order chi connectivity index (χ1) is 24.9. The van der Waals surface area contributed by atoms with Gasteiger partial charge in [0.05, 0.1) is 11.9 Å². The Balaban J connectivity index is 0.00000185. The Bertz CT molecular complexity index is 1400. The minimum absolute atomic E-state index is 0.0125. The first-order valence-electron chi connectivity index (χ1n) is 20.6. The van der Waals surface area contributed by atoms with Gasteiger partial charge in [-0.1, -0.05) is 138 Å². The number of nitrogens with zero attached hydrogens (tertiary/aromatic N) is 1. The van der Waals surface area contributed by atoms with Crippen LogP contribution in [0.2, 0.25) is 0 Å². The van der Waals surface area contributed by atoms with Gasteiger partial charge in [-0.25, -0.2) is 0 Å². The molecule has 6 atom stereocenters. The Kier molecular flexibility index (Phi) is 17.5. The second-order valence-electron chi connectivity index (χ2n) is 17.0. The van der Waals surface area contributed by atoms with E-state index in [1.807, 2.05) is 25.7 Å². The fraction of sp³-hybridized carbons (Fsp3) is 0.652. The summed E-state index contributed by atoms with van der Waals surface area (Å²) < 4.78 is 0. The Hall–Kier alpha value is -3.48. The van der Waals surface area contributed by atoms with Crippen molar-refractivity contribution >= 4 is 11.8 Å². The number of carbonyl (C=O) groups excluding carboxylic acids is 2. The molecule has 1 heterocycles. The van der Waals surface area contributed by atoms with Crippen molar-refractivity contribution in [1.82, 2.24) is 26.2 Å². The van der Waals surface area contributed by atoms with Gasteiger partial charge in [-0.05, 0) is 91.2 Å². The second-order valence-corrected chi connectivity index (χ2v) is 17.0. The summed E-state index contributed by atoms with van der Waals surface area (Å²) in [7, 11) is 0. The summed E-state index contributed by atoms with van der Waals surface area (Å²) in [4.78, 5) is 31.0. The van der Waals surface area contributed by atoms with Gasteiger partial charge >= 0.3 is 0 Å². The number of fused-ring (bicyclic) bond motifs is 2. The molecule has 7 heteroatoms. The fourth-order valence-electron chi connectivity index (χ4n) is 8.20. The molecule has 4 rings (SSSR count). The van der Waals surface area contributed by atoms with Crippen LogP contribution in [0.5, 0.6) is 0 Å². The van der Waals surface area contributed by atoms with E-state index in [2.05, 4.69) is 134 Å². The summed E-state index contributed by atoms with van der Waals surface area (Å²) in [5, 5.41) is 13.9. The lowest BCUT2D eigenvalue weighted by molar-refractivity contribution is -0.143. The van der Waals surface area contributed by atoms with Gasteiger partial charge in [-0.3, -0.25) is 9.59 Å². The largest absolute Gasteiger partial charge is 0.389 e. The summed E-state index contributed by atoms with van der Waals surface area (Å²) in [5.74, 6) is 1.01. The lowest BCUT2D eigenvalue weighted by atomic mass is 9.83. The summed E-state index contributed by atoms with van der Waals surface area (Å²) in [6.07, 6.45) is 6.27. The first kappa shape index (κ1) is 45.7. The third-order valence-electron chi connectivity index (χ3n) is 11.3. The molecule has 0 radical (unpaired) electrons. The number of rotatable bonds is 17. The predicted molar refractivity (Wildman–Crippen MR) is 226 cm³/mol. The molecule has 1 aliphatic heterocycles. The maximum absolute atomic E-state index is 14.9. The van der Waals surface area contributed by atoms with E-state index in [0.717, 1.165) is 61.9 Å². The van der Waals surface area contributed by atoms with Crippen LogP contribution in [0.3, 0.4) is 0 Å². The molecule has 0 bridgehead atoms. The zero-order valence-electron chi connectivity index (χ0n) is 35.8. The Labute approximate surface area is 325 Å². The lowest BCUT2D eigenvalue weighted by Gasteiger charge is -2.38. The molecule has 2 amide bonds. The van der Waals surface area contributed by atoms with Crippen molar-refractivity contribution in [3.63, 3.8) is 0 Å². The highest BCUT2D eigenvalue weighted by Gasteiger charge is 2.69. The Morgan fingerprint density at radius 1 is 0.925 bits per heavy atom. The molecular formula is C46H77N5O2. The molecule has 4 N–H and O–H groups in total. The van der Waals surface area contributed by atoms with Crippen LogP contribution in [0.1, 0.15) is 126 Å². The normalized spacial score (nSPS) is 21.1. The van der Waals surface area contributed by atoms with Crippen LogP contribution in [-0.4, -0.2) is 54.0 Å². The average molecular weight is 732 g/mol. The molecule has 1 saturated carbocycles. The number of nitrogens with one attached hydrogen (secondary N) is 4. The molecule has 1 saturated heterocycles. The zero-order valence-corrected chi connectivity index (χ0v) is 35.8. The molecule has 0 spiro atoms. The molecule has 0 aromatic heterocycles. The van der Waals surface area contributed by atoms with Crippen LogP contribution >= 0.6 is 0 Å². The van der Waals surface area contributed by atoms with Crippen molar-refractivity contribution in [2.45, 2.75) is 152 Å². The minimum atomic E-state index is -0.525. The number of amides is 2. The van der Waals surface area contributed by atoms with Crippen LogP contribution in [0.4, 0.5) is 0 Å². The van der Waals surface area contributed by atoms with Crippen molar-refractivity contribution in [3.8, 4) is 0 Å².